The summed E-state index contributed by atoms with van der Waals surface area (Å²) in [6.45, 7) is 8.32. The van der Waals surface area contributed by atoms with Gasteiger partial charge in [-0.2, -0.15) is 0 Å². The number of benzene rings is 1. The van der Waals surface area contributed by atoms with E-state index in [0.717, 1.165) is 32.8 Å². The zero-order chi connectivity index (χ0) is 19.6. The Hall–Kier alpha value is -2.67. The second kappa shape index (κ2) is 7.92. The van der Waals surface area contributed by atoms with E-state index >= 15 is 0 Å². The lowest BCUT2D eigenvalue weighted by Crippen LogP contribution is -2.09. The molecular formula is C20H23N3O3S. The normalized spacial score (nSPS) is 11.0. The van der Waals surface area contributed by atoms with Crippen LogP contribution in [-0.2, 0) is 4.74 Å². The van der Waals surface area contributed by atoms with Gasteiger partial charge >= 0.3 is 5.97 Å². The smallest absolute Gasteiger partial charge is 0.348 e. The third-order valence-corrected chi connectivity index (χ3v) is 5.25. The fourth-order valence-corrected chi connectivity index (χ4v) is 3.76. The number of hydrogen-bond acceptors (Lipinski definition) is 7. The average molecular weight is 385 g/mol. The van der Waals surface area contributed by atoms with E-state index in [9.17, 15) is 4.79 Å². The van der Waals surface area contributed by atoms with Gasteiger partial charge < -0.3 is 14.8 Å². The van der Waals surface area contributed by atoms with Crippen molar-refractivity contribution in [2.24, 2.45) is 5.92 Å². The fourth-order valence-electron chi connectivity index (χ4n) is 2.72. The highest BCUT2D eigenvalue weighted by atomic mass is 32.1. The Morgan fingerprint density at radius 2 is 2.04 bits per heavy atom. The molecule has 6 nitrogen and oxygen atoms in total. The van der Waals surface area contributed by atoms with E-state index in [1.165, 1.54) is 17.7 Å². The summed E-state index contributed by atoms with van der Waals surface area (Å²) in [5.41, 5.74) is 2.73. The summed E-state index contributed by atoms with van der Waals surface area (Å²) in [6.07, 6.45) is 1.49. The molecule has 2 heterocycles. The van der Waals surface area contributed by atoms with Gasteiger partial charge in [-0.25, -0.2) is 14.8 Å². The third kappa shape index (κ3) is 4.03. The quantitative estimate of drug-likeness (QED) is 0.610. The molecule has 0 aliphatic rings. The molecule has 0 aliphatic carbocycles. The van der Waals surface area contributed by atoms with E-state index in [-0.39, 0.29) is 11.9 Å². The minimum absolute atomic E-state index is 0.287. The molecule has 0 spiro atoms. The minimum Gasteiger partial charge on any atom is -0.495 e. The van der Waals surface area contributed by atoms with Gasteiger partial charge in [0, 0.05) is 0 Å². The van der Waals surface area contributed by atoms with E-state index in [1.54, 1.807) is 7.11 Å². The first-order valence-electron chi connectivity index (χ1n) is 8.73. The van der Waals surface area contributed by atoms with Gasteiger partial charge in [-0.1, -0.05) is 19.9 Å². The Labute approximate surface area is 162 Å². The van der Waals surface area contributed by atoms with E-state index in [2.05, 4.69) is 15.3 Å². The first-order chi connectivity index (χ1) is 12.9. The monoisotopic (exact) mass is 385 g/mol. The van der Waals surface area contributed by atoms with Crippen LogP contribution in [0.25, 0.3) is 10.2 Å². The Bertz CT molecular complexity index is 982. The van der Waals surface area contributed by atoms with Gasteiger partial charge in [-0.15, -0.1) is 11.3 Å². The van der Waals surface area contributed by atoms with Crippen molar-refractivity contribution in [3.63, 3.8) is 0 Å². The fraction of sp³-hybridized carbons (Fsp3) is 0.350. The Morgan fingerprint density at radius 1 is 1.26 bits per heavy atom. The summed E-state index contributed by atoms with van der Waals surface area (Å²) in [6, 6.07) is 5.88. The molecule has 0 saturated carbocycles. The number of nitrogens with zero attached hydrogens (tertiary/aromatic N) is 2. The first kappa shape index (κ1) is 19.1. The largest absolute Gasteiger partial charge is 0.495 e. The Kier molecular flexibility index (Phi) is 5.60. The number of aryl methyl sites for hydroxylation is 2. The van der Waals surface area contributed by atoms with Crippen molar-refractivity contribution in [2.45, 2.75) is 27.7 Å². The van der Waals surface area contributed by atoms with E-state index in [1.807, 2.05) is 45.9 Å². The van der Waals surface area contributed by atoms with Crippen molar-refractivity contribution in [3.05, 3.63) is 40.5 Å². The maximum absolute atomic E-state index is 12.5. The van der Waals surface area contributed by atoms with Crippen LogP contribution in [0.5, 0.6) is 5.75 Å². The van der Waals surface area contributed by atoms with Crippen LogP contribution in [-0.4, -0.2) is 29.7 Å². The van der Waals surface area contributed by atoms with Crippen LogP contribution in [0.1, 0.15) is 34.6 Å². The summed E-state index contributed by atoms with van der Waals surface area (Å²) in [5.74, 6) is 1.33. The average Bonchev–Trinajstić information content (AvgIpc) is 2.98. The summed E-state index contributed by atoms with van der Waals surface area (Å²) in [4.78, 5) is 22.5. The summed E-state index contributed by atoms with van der Waals surface area (Å²) >= 11 is 1.32. The van der Waals surface area contributed by atoms with Crippen LogP contribution < -0.4 is 10.1 Å². The number of thiophene rings is 1. The molecule has 2 aromatic heterocycles. The number of rotatable bonds is 6. The molecule has 0 unspecified atom stereocenters. The maximum Gasteiger partial charge on any atom is 0.348 e. The number of hydrogen-bond donors (Lipinski definition) is 1. The molecular weight excluding hydrogens is 362 g/mol. The lowest BCUT2D eigenvalue weighted by atomic mass is 10.1. The molecule has 0 amide bonds. The van der Waals surface area contributed by atoms with E-state index < -0.39 is 0 Å². The molecule has 3 rings (SSSR count). The molecule has 0 saturated heterocycles. The topological polar surface area (TPSA) is 73.3 Å². The lowest BCUT2D eigenvalue weighted by Gasteiger charge is -2.12. The molecule has 0 aliphatic heterocycles. The van der Waals surface area contributed by atoms with E-state index in [0.29, 0.717) is 17.3 Å². The van der Waals surface area contributed by atoms with Gasteiger partial charge in [0.25, 0.3) is 0 Å². The van der Waals surface area contributed by atoms with Crippen LogP contribution in [0.15, 0.2) is 24.5 Å². The summed E-state index contributed by atoms with van der Waals surface area (Å²) in [5, 5.41) is 4.15. The molecule has 3 aromatic rings. The van der Waals surface area contributed by atoms with Gasteiger partial charge in [0.05, 0.1) is 24.8 Å². The molecule has 0 radical (unpaired) electrons. The van der Waals surface area contributed by atoms with Gasteiger partial charge in [-0.3, -0.25) is 0 Å². The number of fused-ring (bicyclic) bond motifs is 1. The summed E-state index contributed by atoms with van der Waals surface area (Å²) < 4.78 is 10.8. The lowest BCUT2D eigenvalue weighted by molar-refractivity contribution is 0.0464. The minimum atomic E-state index is -0.316. The number of carbonyl (C=O) groups excluding carboxylic acids is 1. The Balaban J connectivity index is 2.00. The number of aromatic nitrogens is 2. The van der Waals surface area contributed by atoms with Gasteiger partial charge in [0.1, 0.15) is 27.6 Å². The van der Waals surface area contributed by atoms with Gasteiger partial charge in [-0.05, 0) is 43.0 Å². The van der Waals surface area contributed by atoms with Crippen LogP contribution >= 0.6 is 11.3 Å². The number of carbonyl (C=O) groups is 1. The first-order valence-corrected chi connectivity index (χ1v) is 9.55. The van der Waals surface area contributed by atoms with Gasteiger partial charge in [0.15, 0.2) is 0 Å². The molecule has 142 valence electrons. The number of esters is 1. The Morgan fingerprint density at radius 3 is 2.74 bits per heavy atom. The molecule has 0 fully saturated rings. The molecule has 0 bridgehead atoms. The van der Waals surface area contributed by atoms with E-state index in [4.69, 9.17) is 9.47 Å². The predicted molar refractivity (Wildman–Crippen MR) is 108 cm³/mol. The van der Waals surface area contributed by atoms with Gasteiger partial charge in [0.2, 0.25) is 0 Å². The zero-order valence-electron chi connectivity index (χ0n) is 16.1. The maximum atomic E-state index is 12.5. The SMILES string of the molecule is COc1ccc(C)cc1Nc1ncnc2sc(C(=O)OCC(C)C)c(C)c12. The van der Waals surface area contributed by atoms with Crippen molar-refractivity contribution >= 4 is 39.0 Å². The van der Waals surface area contributed by atoms with Crippen LogP contribution in [0.4, 0.5) is 11.5 Å². The number of nitrogens with one attached hydrogen (secondary N) is 1. The van der Waals surface area contributed by atoms with Crippen LogP contribution in [0.3, 0.4) is 0 Å². The van der Waals surface area contributed by atoms with Crippen LogP contribution in [0.2, 0.25) is 0 Å². The highest BCUT2D eigenvalue weighted by Gasteiger charge is 2.21. The van der Waals surface area contributed by atoms with Crippen molar-refractivity contribution < 1.29 is 14.3 Å². The second-order valence-electron chi connectivity index (χ2n) is 6.78. The molecule has 1 N–H and O–H groups in total. The number of ether oxygens (including phenoxy) is 2. The molecule has 1 aromatic carbocycles. The van der Waals surface area contributed by atoms with Crippen molar-refractivity contribution in [3.8, 4) is 5.75 Å². The molecule has 7 heteroatoms. The molecule has 0 atom stereocenters. The third-order valence-electron chi connectivity index (χ3n) is 4.07. The predicted octanol–water partition coefficient (Wildman–Crippen LogP) is 4.87. The highest BCUT2D eigenvalue weighted by Crippen LogP contribution is 2.36. The molecule has 27 heavy (non-hydrogen) atoms. The summed E-state index contributed by atoms with van der Waals surface area (Å²) in [7, 11) is 1.63. The number of anilines is 2. The second-order valence-corrected chi connectivity index (χ2v) is 7.78. The van der Waals surface area contributed by atoms with Crippen molar-refractivity contribution in [1.29, 1.82) is 0 Å². The number of methoxy groups -OCH3 is 1. The standard InChI is InChI=1S/C20H23N3O3S/c1-11(2)9-26-20(24)17-13(4)16-18(21-10-22-19(16)27-17)23-14-8-12(3)6-7-15(14)25-5/h6-8,10-11H,9H2,1-5H3,(H,21,22,23). The van der Waals surface area contributed by atoms with Crippen LogP contribution in [0, 0.1) is 19.8 Å². The van der Waals surface area contributed by atoms with Crippen molar-refractivity contribution in [2.75, 3.05) is 19.0 Å². The highest BCUT2D eigenvalue weighted by molar-refractivity contribution is 7.20. The zero-order valence-corrected chi connectivity index (χ0v) is 16.9. The van der Waals surface area contributed by atoms with Crippen molar-refractivity contribution in [1.82, 2.24) is 9.97 Å².